The Labute approximate surface area is 223 Å². The van der Waals surface area contributed by atoms with Gasteiger partial charge in [-0.3, -0.25) is 19.8 Å². The second kappa shape index (κ2) is 15.0. The van der Waals surface area contributed by atoms with Crippen LogP contribution < -0.4 is 10.6 Å². The molecule has 7 heteroatoms. The molecule has 3 heterocycles. The van der Waals surface area contributed by atoms with Crippen LogP contribution in [0.15, 0.2) is 131 Å². The second-order valence-corrected chi connectivity index (χ2v) is 8.70. The van der Waals surface area contributed by atoms with E-state index in [-0.39, 0.29) is 5.91 Å². The van der Waals surface area contributed by atoms with Crippen LogP contribution in [0, 0.1) is 0 Å². The standard InChI is InChI=1S/C28H27N5OS.C2H4/c1-2-3-10-23(28(34)32-19-22-9-7-14-30-17-22)15-24-20-35-26-12-5-4-11-25(26)27(33-24)31-18-21-8-6-13-29-16-21;1-2/h3-17,20H,2,18-19H2,1H3,(H,31,33)(H,32,34);1-2H2/b10-3-,23-15+;. The highest BCUT2D eigenvalue weighted by Gasteiger charge is 2.16. The number of nitrogens with zero attached hydrogens (tertiary/aromatic N) is 3. The molecule has 0 radical (unpaired) electrons. The Bertz CT molecular complexity index is 1280. The third-order valence-electron chi connectivity index (χ3n) is 5.14. The Kier molecular flexibility index (Phi) is 11.1. The first kappa shape index (κ1) is 27.4. The molecule has 2 N–H and O–H groups in total. The number of thioether (sulfide) groups is 1. The molecular weight excluding hydrogens is 478 g/mol. The van der Waals surface area contributed by atoms with Gasteiger partial charge in [0.1, 0.15) is 5.84 Å². The van der Waals surface area contributed by atoms with Crippen molar-refractivity contribution < 1.29 is 4.79 Å². The predicted octanol–water partition coefficient (Wildman–Crippen LogP) is 5.97. The van der Waals surface area contributed by atoms with Crippen molar-refractivity contribution in [3.05, 3.63) is 138 Å². The molecule has 0 spiro atoms. The number of nitrogens with one attached hydrogen (secondary N) is 2. The Hall–Kier alpha value is -4.23. The first-order valence-electron chi connectivity index (χ1n) is 11.9. The number of carbonyl (C=O) groups is 1. The van der Waals surface area contributed by atoms with Crippen molar-refractivity contribution in [1.82, 2.24) is 20.6 Å². The highest BCUT2D eigenvalue weighted by Crippen LogP contribution is 2.28. The zero-order valence-corrected chi connectivity index (χ0v) is 21.7. The summed E-state index contributed by atoms with van der Waals surface area (Å²) in [5, 5.41) is 8.45. The van der Waals surface area contributed by atoms with Crippen molar-refractivity contribution in [2.45, 2.75) is 31.3 Å². The topological polar surface area (TPSA) is 79.3 Å². The Morgan fingerprint density at radius 2 is 1.78 bits per heavy atom. The number of amidine groups is 1. The maximum absolute atomic E-state index is 13.0. The molecule has 6 nitrogen and oxygen atoms in total. The molecule has 1 amide bonds. The lowest BCUT2D eigenvalue weighted by Gasteiger charge is -2.12. The molecule has 0 unspecified atom stereocenters. The van der Waals surface area contributed by atoms with Gasteiger partial charge in [0.2, 0.25) is 0 Å². The van der Waals surface area contributed by atoms with Gasteiger partial charge in [0, 0.05) is 53.1 Å². The number of pyridine rings is 2. The molecule has 37 heavy (non-hydrogen) atoms. The summed E-state index contributed by atoms with van der Waals surface area (Å²) in [5.41, 5.74) is 4.35. The average molecular weight is 510 g/mol. The molecule has 0 saturated carbocycles. The number of allylic oxidation sites excluding steroid dienone is 2. The minimum Gasteiger partial charge on any atom is -0.348 e. The van der Waals surface area contributed by atoms with Crippen molar-refractivity contribution in [3.8, 4) is 0 Å². The largest absolute Gasteiger partial charge is 0.348 e. The van der Waals surface area contributed by atoms with E-state index in [1.807, 2.05) is 73.2 Å². The zero-order valence-electron chi connectivity index (χ0n) is 20.9. The SMILES string of the molecule is C=C.CC/C=C\C(=C/C1=CSc2ccccc2C(=NCc2cccnc2)N1)C(=O)NCc1cccnc1. The summed E-state index contributed by atoms with van der Waals surface area (Å²) in [6.45, 7) is 8.95. The number of hydrogen-bond donors (Lipinski definition) is 2. The fourth-order valence-electron chi connectivity index (χ4n) is 3.37. The summed E-state index contributed by atoms with van der Waals surface area (Å²) in [7, 11) is 0. The van der Waals surface area contributed by atoms with Crippen molar-refractivity contribution >= 4 is 23.5 Å². The van der Waals surface area contributed by atoms with Gasteiger partial charge in [0.15, 0.2) is 0 Å². The smallest absolute Gasteiger partial charge is 0.251 e. The molecule has 1 aliphatic rings. The molecule has 2 aromatic heterocycles. The summed E-state index contributed by atoms with van der Waals surface area (Å²) in [5.74, 6) is 0.605. The van der Waals surface area contributed by atoms with E-state index in [4.69, 9.17) is 4.99 Å². The third kappa shape index (κ3) is 8.44. The van der Waals surface area contributed by atoms with E-state index in [0.29, 0.717) is 18.7 Å². The second-order valence-electron chi connectivity index (χ2n) is 7.79. The number of amides is 1. The van der Waals surface area contributed by atoms with Crippen molar-refractivity contribution in [1.29, 1.82) is 0 Å². The van der Waals surface area contributed by atoms with Crippen molar-refractivity contribution in [2.75, 3.05) is 0 Å². The quantitative estimate of drug-likeness (QED) is 0.222. The van der Waals surface area contributed by atoms with E-state index in [2.05, 4.69) is 45.9 Å². The van der Waals surface area contributed by atoms with Gasteiger partial charge in [-0.25, -0.2) is 0 Å². The van der Waals surface area contributed by atoms with E-state index in [1.165, 1.54) is 0 Å². The number of aromatic nitrogens is 2. The summed E-state index contributed by atoms with van der Waals surface area (Å²) in [6, 6.07) is 15.8. The third-order valence-corrected chi connectivity index (χ3v) is 6.12. The van der Waals surface area contributed by atoms with Gasteiger partial charge in [-0.2, -0.15) is 0 Å². The maximum atomic E-state index is 13.0. The van der Waals surface area contributed by atoms with Crippen LogP contribution in [0.3, 0.4) is 0 Å². The van der Waals surface area contributed by atoms with Crippen LogP contribution in [0.2, 0.25) is 0 Å². The summed E-state index contributed by atoms with van der Waals surface area (Å²) < 4.78 is 0. The van der Waals surface area contributed by atoms with Crippen LogP contribution in [0.4, 0.5) is 0 Å². The molecule has 0 saturated heterocycles. The lowest BCUT2D eigenvalue weighted by atomic mass is 10.1. The molecule has 0 bridgehead atoms. The minimum absolute atomic E-state index is 0.151. The molecular formula is C30H31N5OS. The zero-order chi connectivity index (χ0) is 26.3. The summed E-state index contributed by atoms with van der Waals surface area (Å²) >= 11 is 1.60. The van der Waals surface area contributed by atoms with E-state index in [0.717, 1.165) is 39.5 Å². The van der Waals surface area contributed by atoms with Crippen LogP contribution in [0.1, 0.15) is 30.0 Å². The molecule has 188 valence electrons. The van der Waals surface area contributed by atoms with E-state index in [9.17, 15) is 4.79 Å². The Balaban J connectivity index is 0.00000186. The van der Waals surface area contributed by atoms with Crippen LogP contribution in [0.5, 0.6) is 0 Å². The molecule has 0 atom stereocenters. The molecule has 4 rings (SSSR count). The summed E-state index contributed by atoms with van der Waals surface area (Å²) in [4.78, 5) is 27.3. The number of aliphatic imine (C=N–C) groups is 1. The van der Waals surface area contributed by atoms with Gasteiger partial charge in [-0.05, 0) is 47.2 Å². The Morgan fingerprint density at radius 3 is 2.49 bits per heavy atom. The molecule has 1 aromatic carbocycles. The molecule has 0 aliphatic carbocycles. The van der Waals surface area contributed by atoms with Gasteiger partial charge in [-0.15, -0.1) is 13.2 Å². The fraction of sp³-hybridized carbons (Fsp3) is 0.133. The number of hydrogen-bond acceptors (Lipinski definition) is 5. The molecule has 0 fully saturated rings. The number of carbonyl (C=O) groups excluding carboxylic acids is 1. The highest BCUT2D eigenvalue weighted by molar-refractivity contribution is 8.02. The molecule has 3 aromatic rings. The number of benzene rings is 1. The van der Waals surface area contributed by atoms with Gasteiger partial charge >= 0.3 is 0 Å². The van der Waals surface area contributed by atoms with Crippen LogP contribution in [-0.4, -0.2) is 21.7 Å². The van der Waals surface area contributed by atoms with Gasteiger partial charge in [0.05, 0.1) is 6.54 Å². The minimum atomic E-state index is -0.151. The lowest BCUT2D eigenvalue weighted by Crippen LogP contribution is -2.26. The van der Waals surface area contributed by atoms with E-state index < -0.39 is 0 Å². The van der Waals surface area contributed by atoms with Gasteiger partial charge in [0.25, 0.3) is 5.91 Å². The monoisotopic (exact) mass is 509 g/mol. The normalized spacial score (nSPS) is 14.0. The number of rotatable bonds is 8. The van der Waals surface area contributed by atoms with Gasteiger partial charge in [-0.1, -0.05) is 61.2 Å². The molecule has 1 aliphatic heterocycles. The predicted molar refractivity (Wildman–Crippen MR) is 153 cm³/mol. The van der Waals surface area contributed by atoms with Crippen LogP contribution in [0.25, 0.3) is 0 Å². The van der Waals surface area contributed by atoms with Crippen LogP contribution >= 0.6 is 11.8 Å². The highest BCUT2D eigenvalue weighted by atomic mass is 32.2. The first-order valence-corrected chi connectivity index (χ1v) is 12.8. The van der Waals surface area contributed by atoms with Crippen LogP contribution in [-0.2, 0) is 17.9 Å². The van der Waals surface area contributed by atoms with E-state index >= 15 is 0 Å². The Morgan fingerprint density at radius 1 is 1.05 bits per heavy atom. The lowest BCUT2D eigenvalue weighted by molar-refractivity contribution is -0.117. The van der Waals surface area contributed by atoms with Gasteiger partial charge < -0.3 is 10.6 Å². The average Bonchev–Trinajstić information content (AvgIpc) is 3.14. The van der Waals surface area contributed by atoms with E-state index in [1.54, 1.807) is 30.4 Å². The maximum Gasteiger partial charge on any atom is 0.251 e. The number of fused-ring (bicyclic) bond motifs is 1. The fourth-order valence-corrected chi connectivity index (χ4v) is 4.20. The van der Waals surface area contributed by atoms with Crippen molar-refractivity contribution in [2.24, 2.45) is 4.99 Å². The first-order chi connectivity index (χ1) is 18.2. The van der Waals surface area contributed by atoms with Crippen molar-refractivity contribution in [3.63, 3.8) is 0 Å². The summed E-state index contributed by atoms with van der Waals surface area (Å²) in [6.07, 6.45) is 13.6.